The van der Waals surface area contributed by atoms with Gasteiger partial charge in [0.15, 0.2) is 5.13 Å². The van der Waals surface area contributed by atoms with Crippen LogP contribution in [0.15, 0.2) is 29.6 Å². The summed E-state index contributed by atoms with van der Waals surface area (Å²) in [6.07, 6.45) is 0. The molecule has 1 saturated heterocycles. The second-order valence-corrected chi connectivity index (χ2v) is 5.49. The smallest absolute Gasteiger partial charge is 0.188 e. The normalized spacial score (nSPS) is 15.5. The van der Waals surface area contributed by atoms with Gasteiger partial charge in [0, 0.05) is 29.8 Å². The van der Waals surface area contributed by atoms with Gasteiger partial charge in [-0.3, -0.25) is 0 Å². The van der Waals surface area contributed by atoms with Gasteiger partial charge in [-0.05, 0) is 24.3 Å². The van der Waals surface area contributed by atoms with Crippen LogP contribution in [0.3, 0.4) is 0 Å². The van der Waals surface area contributed by atoms with E-state index in [0.717, 1.165) is 37.1 Å². The SMILES string of the molecule is Clc1csc(Nc2ccc(N3CCOCC3)cc2)n1. The number of hydrogen-bond acceptors (Lipinski definition) is 5. The van der Waals surface area contributed by atoms with E-state index in [9.17, 15) is 0 Å². The highest BCUT2D eigenvalue weighted by atomic mass is 35.5. The van der Waals surface area contributed by atoms with E-state index in [1.54, 1.807) is 0 Å². The molecular weight excluding hydrogens is 282 g/mol. The summed E-state index contributed by atoms with van der Waals surface area (Å²) < 4.78 is 5.35. The van der Waals surface area contributed by atoms with Gasteiger partial charge in [0.1, 0.15) is 5.15 Å². The van der Waals surface area contributed by atoms with E-state index in [1.807, 2.05) is 5.38 Å². The fraction of sp³-hybridized carbons (Fsp3) is 0.308. The Bertz CT molecular complexity index is 537. The maximum atomic E-state index is 5.79. The van der Waals surface area contributed by atoms with Crippen LogP contribution in [0.1, 0.15) is 0 Å². The van der Waals surface area contributed by atoms with Crippen molar-refractivity contribution in [3.63, 3.8) is 0 Å². The monoisotopic (exact) mass is 295 g/mol. The minimum atomic E-state index is 0.525. The van der Waals surface area contributed by atoms with Crippen LogP contribution in [-0.2, 0) is 4.74 Å². The molecule has 0 atom stereocenters. The largest absolute Gasteiger partial charge is 0.378 e. The molecule has 0 amide bonds. The van der Waals surface area contributed by atoms with Crippen molar-refractivity contribution in [1.29, 1.82) is 0 Å². The van der Waals surface area contributed by atoms with Crippen molar-refractivity contribution >= 4 is 39.4 Å². The van der Waals surface area contributed by atoms with Crippen LogP contribution in [0.2, 0.25) is 5.15 Å². The molecule has 1 aliphatic rings. The Morgan fingerprint density at radius 2 is 1.95 bits per heavy atom. The molecule has 4 nitrogen and oxygen atoms in total. The second-order valence-electron chi connectivity index (χ2n) is 4.25. The predicted octanol–water partition coefficient (Wildman–Crippen LogP) is 3.38. The lowest BCUT2D eigenvalue weighted by atomic mass is 10.2. The topological polar surface area (TPSA) is 37.4 Å². The number of nitrogens with zero attached hydrogens (tertiary/aromatic N) is 2. The average Bonchev–Trinajstić information content (AvgIpc) is 2.86. The fourth-order valence-electron chi connectivity index (χ4n) is 2.01. The molecule has 100 valence electrons. The highest BCUT2D eigenvalue weighted by Gasteiger charge is 2.10. The number of rotatable bonds is 3. The lowest BCUT2D eigenvalue weighted by Gasteiger charge is -2.28. The third-order valence-corrected chi connectivity index (χ3v) is 4.05. The van der Waals surface area contributed by atoms with Crippen molar-refractivity contribution in [2.75, 3.05) is 36.5 Å². The molecule has 0 bridgehead atoms. The van der Waals surface area contributed by atoms with Crippen molar-refractivity contribution in [2.24, 2.45) is 0 Å². The van der Waals surface area contributed by atoms with Crippen LogP contribution < -0.4 is 10.2 Å². The molecule has 0 radical (unpaired) electrons. The molecule has 2 aromatic rings. The van der Waals surface area contributed by atoms with E-state index in [2.05, 4.69) is 39.5 Å². The maximum Gasteiger partial charge on any atom is 0.188 e. The summed E-state index contributed by atoms with van der Waals surface area (Å²) in [7, 11) is 0. The van der Waals surface area contributed by atoms with Gasteiger partial charge in [-0.2, -0.15) is 0 Å². The number of halogens is 1. The summed E-state index contributed by atoms with van der Waals surface area (Å²) in [6.45, 7) is 3.51. The molecule has 0 saturated carbocycles. The number of thiazole rings is 1. The van der Waals surface area contributed by atoms with Crippen molar-refractivity contribution in [3.8, 4) is 0 Å². The third-order valence-electron chi connectivity index (χ3n) is 2.97. The lowest BCUT2D eigenvalue weighted by Crippen LogP contribution is -2.36. The van der Waals surface area contributed by atoms with Crippen LogP contribution in [0.4, 0.5) is 16.5 Å². The van der Waals surface area contributed by atoms with Gasteiger partial charge >= 0.3 is 0 Å². The van der Waals surface area contributed by atoms with Gasteiger partial charge in [-0.25, -0.2) is 4.98 Å². The minimum Gasteiger partial charge on any atom is -0.378 e. The first-order valence-electron chi connectivity index (χ1n) is 6.12. The van der Waals surface area contributed by atoms with Crippen LogP contribution in [0, 0.1) is 0 Å². The Labute approximate surface area is 121 Å². The maximum absolute atomic E-state index is 5.79. The van der Waals surface area contributed by atoms with E-state index in [-0.39, 0.29) is 0 Å². The van der Waals surface area contributed by atoms with E-state index in [4.69, 9.17) is 16.3 Å². The Hall–Kier alpha value is -1.30. The van der Waals surface area contributed by atoms with E-state index in [1.165, 1.54) is 17.0 Å². The zero-order valence-corrected chi connectivity index (χ0v) is 11.9. The van der Waals surface area contributed by atoms with E-state index < -0.39 is 0 Å². The number of ether oxygens (including phenoxy) is 1. The van der Waals surface area contributed by atoms with Gasteiger partial charge in [0.25, 0.3) is 0 Å². The standard InChI is InChI=1S/C13H14ClN3OS/c14-12-9-19-13(16-12)15-10-1-3-11(4-2-10)17-5-7-18-8-6-17/h1-4,9H,5-8H2,(H,15,16). The molecule has 1 aliphatic heterocycles. The van der Waals surface area contributed by atoms with Crippen LogP contribution >= 0.6 is 22.9 Å². The molecule has 1 N–H and O–H groups in total. The van der Waals surface area contributed by atoms with Gasteiger partial charge < -0.3 is 15.0 Å². The molecule has 1 aromatic heterocycles. The van der Waals surface area contributed by atoms with Crippen LogP contribution in [0.25, 0.3) is 0 Å². The number of morpholine rings is 1. The number of benzene rings is 1. The summed E-state index contributed by atoms with van der Waals surface area (Å²) in [6, 6.07) is 8.34. The van der Waals surface area contributed by atoms with Gasteiger partial charge in [0.2, 0.25) is 0 Å². The second kappa shape index (κ2) is 5.77. The Morgan fingerprint density at radius 1 is 1.21 bits per heavy atom. The molecule has 1 aromatic carbocycles. The zero-order valence-electron chi connectivity index (χ0n) is 10.3. The first-order valence-corrected chi connectivity index (χ1v) is 7.38. The Balaban J connectivity index is 1.68. The summed E-state index contributed by atoms with van der Waals surface area (Å²) in [5.74, 6) is 0. The van der Waals surface area contributed by atoms with Gasteiger partial charge in [-0.15, -0.1) is 11.3 Å². The third kappa shape index (κ3) is 3.18. The molecular formula is C13H14ClN3OS. The fourth-order valence-corrected chi connectivity index (χ4v) is 2.87. The first-order chi connectivity index (χ1) is 9.31. The Kier molecular flexibility index (Phi) is 3.87. The average molecular weight is 296 g/mol. The molecule has 3 rings (SSSR count). The molecule has 6 heteroatoms. The number of aromatic nitrogens is 1. The van der Waals surface area contributed by atoms with Crippen molar-refractivity contribution in [2.45, 2.75) is 0 Å². The summed E-state index contributed by atoms with van der Waals surface area (Å²) >= 11 is 7.29. The summed E-state index contributed by atoms with van der Waals surface area (Å²) in [4.78, 5) is 6.49. The minimum absolute atomic E-state index is 0.525. The van der Waals surface area contributed by atoms with Crippen molar-refractivity contribution in [1.82, 2.24) is 4.98 Å². The van der Waals surface area contributed by atoms with E-state index >= 15 is 0 Å². The molecule has 0 aliphatic carbocycles. The number of nitrogens with one attached hydrogen (secondary N) is 1. The number of anilines is 3. The lowest BCUT2D eigenvalue weighted by molar-refractivity contribution is 0.122. The van der Waals surface area contributed by atoms with Crippen molar-refractivity contribution in [3.05, 3.63) is 34.8 Å². The molecule has 1 fully saturated rings. The quantitative estimate of drug-likeness (QED) is 0.942. The summed E-state index contributed by atoms with van der Waals surface area (Å²) in [5.41, 5.74) is 2.24. The highest BCUT2D eigenvalue weighted by molar-refractivity contribution is 7.14. The Morgan fingerprint density at radius 3 is 2.58 bits per heavy atom. The molecule has 0 unspecified atom stereocenters. The van der Waals surface area contributed by atoms with Crippen molar-refractivity contribution < 1.29 is 4.74 Å². The summed E-state index contributed by atoms with van der Waals surface area (Å²) in [5, 5.41) is 6.38. The van der Waals surface area contributed by atoms with Gasteiger partial charge in [0.05, 0.1) is 13.2 Å². The van der Waals surface area contributed by atoms with Gasteiger partial charge in [-0.1, -0.05) is 11.6 Å². The first kappa shape index (κ1) is 12.7. The molecule has 2 heterocycles. The van der Waals surface area contributed by atoms with E-state index in [0.29, 0.717) is 5.15 Å². The predicted molar refractivity (Wildman–Crippen MR) is 79.9 cm³/mol. The molecule has 19 heavy (non-hydrogen) atoms. The highest BCUT2D eigenvalue weighted by Crippen LogP contribution is 2.25. The van der Waals surface area contributed by atoms with Crippen LogP contribution in [-0.4, -0.2) is 31.3 Å². The molecule has 0 spiro atoms. The van der Waals surface area contributed by atoms with Crippen LogP contribution in [0.5, 0.6) is 0 Å². The number of hydrogen-bond donors (Lipinski definition) is 1. The zero-order chi connectivity index (χ0) is 13.1.